The van der Waals surface area contributed by atoms with Crippen LogP contribution in [-0.4, -0.2) is 38.4 Å². The van der Waals surface area contributed by atoms with Crippen LogP contribution in [-0.2, 0) is 24.9 Å². The van der Waals surface area contributed by atoms with Crippen molar-refractivity contribution in [2.75, 3.05) is 6.54 Å². The number of carbonyl (C=O) groups is 1. The lowest BCUT2D eigenvalue weighted by Crippen LogP contribution is -2.42. The van der Waals surface area contributed by atoms with Gasteiger partial charge in [0.1, 0.15) is 5.76 Å². The van der Waals surface area contributed by atoms with Crippen LogP contribution in [0.2, 0.25) is 0 Å². The first kappa shape index (κ1) is 13.8. The SMILES string of the molecule is Cn1ncc(CN2CCCC2C(=O)NCc2ccco2)n1. The molecule has 0 bridgehead atoms. The lowest BCUT2D eigenvalue weighted by molar-refractivity contribution is -0.125. The van der Waals surface area contributed by atoms with Crippen LogP contribution in [0.4, 0.5) is 0 Å². The number of nitrogens with zero attached hydrogens (tertiary/aromatic N) is 4. The average Bonchev–Trinajstić information content (AvgIpc) is 3.19. The molecule has 1 saturated heterocycles. The monoisotopic (exact) mass is 289 g/mol. The Balaban J connectivity index is 1.56. The molecule has 21 heavy (non-hydrogen) atoms. The minimum absolute atomic E-state index is 0.0489. The fourth-order valence-corrected chi connectivity index (χ4v) is 2.69. The molecule has 0 radical (unpaired) electrons. The highest BCUT2D eigenvalue weighted by Crippen LogP contribution is 2.19. The number of likely N-dealkylation sites (tertiary alicyclic amines) is 1. The van der Waals surface area contributed by atoms with Crippen molar-refractivity contribution in [2.45, 2.75) is 32.0 Å². The van der Waals surface area contributed by atoms with Crippen LogP contribution in [0.15, 0.2) is 29.0 Å². The molecule has 2 aromatic rings. The quantitative estimate of drug-likeness (QED) is 0.876. The zero-order chi connectivity index (χ0) is 14.7. The van der Waals surface area contributed by atoms with E-state index < -0.39 is 0 Å². The molecule has 1 aliphatic heterocycles. The van der Waals surface area contributed by atoms with Gasteiger partial charge in [-0.3, -0.25) is 9.69 Å². The summed E-state index contributed by atoms with van der Waals surface area (Å²) in [6.45, 7) is 2.00. The fourth-order valence-electron chi connectivity index (χ4n) is 2.69. The molecule has 1 amide bonds. The second-order valence-electron chi connectivity index (χ2n) is 5.25. The molecule has 1 aliphatic rings. The molecule has 7 nitrogen and oxygen atoms in total. The number of carbonyl (C=O) groups excluding carboxylic acids is 1. The maximum Gasteiger partial charge on any atom is 0.237 e. The number of nitrogens with one attached hydrogen (secondary N) is 1. The van der Waals surface area contributed by atoms with E-state index in [2.05, 4.69) is 20.4 Å². The second-order valence-corrected chi connectivity index (χ2v) is 5.25. The summed E-state index contributed by atoms with van der Waals surface area (Å²) in [5, 5.41) is 11.3. The van der Waals surface area contributed by atoms with Crippen molar-refractivity contribution in [2.24, 2.45) is 7.05 Å². The van der Waals surface area contributed by atoms with Crippen LogP contribution in [0.25, 0.3) is 0 Å². The molecule has 7 heteroatoms. The second kappa shape index (κ2) is 6.09. The number of aryl methyl sites for hydroxylation is 1. The lowest BCUT2D eigenvalue weighted by atomic mass is 10.2. The molecule has 1 atom stereocenters. The van der Waals surface area contributed by atoms with Crippen LogP contribution in [0.3, 0.4) is 0 Å². The molecular weight excluding hydrogens is 270 g/mol. The topological polar surface area (TPSA) is 76.2 Å². The van der Waals surface area contributed by atoms with Gasteiger partial charge in [-0.15, -0.1) is 0 Å². The Hall–Kier alpha value is -2.15. The summed E-state index contributed by atoms with van der Waals surface area (Å²) >= 11 is 0. The Morgan fingerprint density at radius 2 is 2.48 bits per heavy atom. The Morgan fingerprint density at radius 1 is 1.57 bits per heavy atom. The minimum Gasteiger partial charge on any atom is -0.467 e. The molecule has 1 N–H and O–H groups in total. The Labute approximate surface area is 122 Å². The number of aromatic nitrogens is 3. The van der Waals surface area contributed by atoms with Gasteiger partial charge >= 0.3 is 0 Å². The van der Waals surface area contributed by atoms with Crippen molar-refractivity contribution in [3.8, 4) is 0 Å². The molecule has 0 spiro atoms. The fraction of sp³-hybridized carbons (Fsp3) is 0.500. The van der Waals surface area contributed by atoms with Crippen LogP contribution in [0.1, 0.15) is 24.3 Å². The Kier molecular flexibility index (Phi) is 4.01. The third-order valence-corrected chi connectivity index (χ3v) is 3.70. The van der Waals surface area contributed by atoms with Crippen LogP contribution >= 0.6 is 0 Å². The van der Waals surface area contributed by atoms with E-state index in [-0.39, 0.29) is 11.9 Å². The first-order chi connectivity index (χ1) is 10.2. The molecule has 0 aliphatic carbocycles. The summed E-state index contributed by atoms with van der Waals surface area (Å²) in [5.41, 5.74) is 0.892. The highest BCUT2D eigenvalue weighted by atomic mass is 16.3. The number of hydrogen-bond acceptors (Lipinski definition) is 5. The maximum atomic E-state index is 12.3. The van der Waals surface area contributed by atoms with Gasteiger partial charge in [0.2, 0.25) is 5.91 Å². The predicted molar refractivity (Wildman–Crippen MR) is 75.0 cm³/mol. The first-order valence-electron chi connectivity index (χ1n) is 7.12. The van der Waals surface area contributed by atoms with E-state index in [0.717, 1.165) is 30.8 Å². The van der Waals surface area contributed by atoms with E-state index in [1.54, 1.807) is 19.5 Å². The van der Waals surface area contributed by atoms with Crippen LogP contribution < -0.4 is 5.32 Å². The minimum atomic E-state index is -0.0954. The van der Waals surface area contributed by atoms with Gasteiger partial charge in [0.25, 0.3) is 0 Å². The summed E-state index contributed by atoms with van der Waals surface area (Å²) in [6.07, 6.45) is 5.26. The third-order valence-electron chi connectivity index (χ3n) is 3.70. The maximum absolute atomic E-state index is 12.3. The van der Waals surface area contributed by atoms with E-state index in [1.807, 2.05) is 12.1 Å². The molecule has 1 unspecified atom stereocenters. The van der Waals surface area contributed by atoms with Gasteiger partial charge in [0.15, 0.2) is 0 Å². The standard InChI is InChI=1S/C14H19N5O2/c1-18-16-8-11(17-18)10-19-6-2-5-13(19)14(20)15-9-12-4-3-7-21-12/h3-4,7-8,13H,2,5-6,9-10H2,1H3,(H,15,20). The molecule has 112 valence electrons. The predicted octanol–water partition coefficient (Wildman–Crippen LogP) is 0.689. The summed E-state index contributed by atoms with van der Waals surface area (Å²) in [7, 11) is 1.79. The average molecular weight is 289 g/mol. The Bertz CT molecular complexity index is 592. The molecule has 3 heterocycles. The number of amides is 1. The molecule has 2 aromatic heterocycles. The molecule has 0 saturated carbocycles. The van der Waals surface area contributed by atoms with Gasteiger partial charge in [-0.1, -0.05) is 0 Å². The molecule has 1 fully saturated rings. The number of hydrogen-bond donors (Lipinski definition) is 1. The van der Waals surface area contributed by atoms with Crippen molar-refractivity contribution in [3.63, 3.8) is 0 Å². The molecular formula is C14H19N5O2. The van der Waals surface area contributed by atoms with Crippen molar-refractivity contribution in [1.82, 2.24) is 25.2 Å². The lowest BCUT2D eigenvalue weighted by Gasteiger charge is -2.22. The zero-order valence-electron chi connectivity index (χ0n) is 12.0. The first-order valence-corrected chi connectivity index (χ1v) is 7.12. The van der Waals surface area contributed by atoms with Crippen molar-refractivity contribution >= 4 is 5.91 Å². The highest BCUT2D eigenvalue weighted by molar-refractivity contribution is 5.81. The van der Waals surface area contributed by atoms with E-state index >= 15 is 0 Å². The van der Waals surface area contributed by atoms with Gasteiger partial charge in [-0.05, 0) is 31.5 Å². The normalized spacial score (nSPS) is 19.0. The van der Waals surface area contributed by atoms with E-state index in [4.69, 9.17) is 4.42 Å². The smallest absolute Gasteiger partial charge is 0.237 e. The highest BCUT2D eigenvalue weighted by Gasteiger charge is 2.31. The summed E-state index contributed by atoms with van der Waals surface area (Å²) in [5.74, 6) is 0.814. The van der Waals surface area contributed by atoms with Gasteiger partial charge in [0.05, 0.1) is 30.7 Å². The van der Waals surface area contributed by atoms with Crippen molar-refractivity contribution < 1.29 is 9.21 Å². The largest absolute Gasteiger partial charge is 0.467 e. The summed E-state index contributed by atoms with van der Waals surface area (Å²) in [6, 6.07) is 3.57. The third kappa shape index (κ3) is 3.30. The number of rotatable bonds is 5. The van der Waals surface area contributed by atoms with E-state index in [1.165, 1.54) is 4.80 Å². The van der Waals surface area contributed by atoms with Gasteiger partial charge < -0.3 is 9.73 Å². The van der Waals surface area contributed by atoms with Crippen molar-refractivity contribution in [3.05, 3.63) is 36.0 Å². The van der Waals surface area contributed by atoms with Gasteiger partial charge in [-0.25, -0.2) is 0 Å². The van der Waals surface area contributed by atoms with Crippen molar-refractivity contribution in [1.29, 1.82) is 0 Å². The van der Waals surface area contributed by atoms with Crippen LogP contribution in [0, 0.1) is 0 Å². The number of furan rings is 1. The van der Waals surface area contributed by atoms with Crippen LogP contribution in [0.5, 0.6) is 0 Å². The van der Waals surface area contributed by atoms with Gasteiger partial charge in [0, 0.05) is 13.6 Å². The Morgan fingerprint density at radius 3 is 3.19 bits per heavy atom. The van der Waals surface area contributed by atoms with Gasteiger partial charge in [-0.2, -0.15) is 15.0 Å². The molecule has 3 rings (SSSR count). The summed E-state index contributed by atoms with van der Waals surface area (Å²) in [4.78, 5) is 16.0. The van der Waals surface area contributed by atoms with E-state index in [0.29, 0.717) is 13.1 Å². The van der Waals surface area contributed by atoms with E-state index in [9.17, 15) is 4.79 Å². The summed E-state index contributed by atoms with van der Waals surface area (Å²) < 4.78 is 5.22. The molecule has 0 aromatic carbocycles. The zero-order valence-corrected chi connectivity index (χ0v) is 12.0.